The van der Waals surface area contributed by atoms with E-state index in [0.29, 0.717) is 22.0 Å². The van der Waals surface area contributed by atoms with Gasteiger partial charge in [-0.15, -0.1) is 0 Å². The smallest absolute Gasteiger partial charge is 0.259 e. The summed E-state index contributed by atoms with van der Waals surface area (Å²) in [5, 5.41) is 3.28. The number of halogens is 1. The predicted molar refractivity (Wildman–Crippen MR) is 98.3 cm³/mol. The van der Waals surface area contributed by atoms with Crippen molar-refractivity contribution in [2.75, 3.05) is 19.5 Å². The van der Waals surface area contributed by atoms with Gasteiger partial charge in [0.2, 0.25) is 0 Å². The molecule has 0 fully saturated rings. The third kappa shape index (κ3) is 3.61. The molecule has 0 atom stereocenters. The molecule has 5 nitrogen and oxygen atoms in total. The number of nitrogens with one attached hydrogen (secondary N) is 1. The number of nitrogens with zero attached hydrogens (tertiary/aromatic N) is 1. The van der Waals surface area contributed by atoms with Crippen LogP contribution < -0.4 is 14.8 Å². The molecular weight excluding hydrogens is 340 g/mol. The van der Waals surface area contributed by atoms with Crippen LogP contribution in [0.3, 0.4) is 0 Å². The van der Waals surface area contributed by atoms with Gasteiger partial charge in [-0.3, -0.25) is 4.79 Å². The van der Waals surface area contributed by atoms with Crippen LogP contribution >= 0.6 is 11.6 Å². The van der Waals surface area contributed by atoms with Crippen molar-refractivity contribution >= 4 is 23.2 Å². The number of anilines is 1. The van der Waals surface area contributed by atoms with Crippen LogP contribution in [0, 0.1) is 0 Å². The van der Waals surface area contributed by atoms with Crippen molar-refractivity contribution in [3.63, 3.8) is 0 Å². The minimum absolute atomic E-state index is 0.303. The lowest BCUT2D eigenvalue weighted by Gasteiger charge is -2.14. The summed E-state index contributed by atoms with van der Waals surface area (Å²) in [6.45, 7) is 0. The van der Waals surface area contributed by atoms with Gasteiger partial charge in [0.25, 0.3) is 5.91 Å². The lowest BCUT2D eigenvalue weighted by atomic mass is 10.1. The van der Waals surface area contributed by atoms with Crippen molar-refractivity contribution in [1.82, 2.24) is 4.57 Å². The molecule has 0 saturated carbocycles. The van der Waals surface area contributed by atoms with E-state index >= 15 is 0 Å². The monoisotopic (exact) mass is 356 g/mol. The van der Waals surface area contributed by atoms with E-state index in [1.54, 1.807) is 43.5 Å². The van der Waals surface area contributed by atoms with Crippen molar-refractivity contribution in [3.05, 3.63) is 71.5 Å². The topological polar surface area (TPSA) is 52.5 Å². The Balaban J connectivity index is 1.90. The van der Waals surface area contributed by atoms with E-state index in [2.05, 4.69) is 5.32 Å². The van der Waals surface area contributed by atoms with Crippen molar-refractivity contribution in [2.24, 2.45) is 0 Å². The maximum absolute atomic E-state index is 12.6. The Kier molecular flexibility index (Phi) is 4.95. The van der Waals surface area contributed by atoms with E-state index in [4.69, 9.17) is 21.1 Å². The van der Waals surface area contributed by atoms with E-state index in [0.717, 1.165) is 11.4 Å². The van der Waals surface area contributed by atoms with Gasteiger partial charge in [0.1, 0.15) is 11.5 Å². The van der Waals surface area contributed by atoms with E-state index in [1.165, 1.54) is 7.11 Å². The average Bonchev–Trinajstić information content (AvgIpc) is 3.16. The highest BCUT2D eigenvalue weighted by Gasteiger charge is 2.17. The highest BCUT2D eigenvalue weighted by Crippen LogP contribution is 2.30. The largest absolute Gasteiger partial charge is 0.497 e. The molecule has 0 aliphatic rings. The van der Waals surface area contributed by atoms with Gasteiger partial charge in [0.15, 0.2) is 0 Å². The van der Waals surface area contributed by atoms with Crippen LogP contribution in [0.25, 0.3) is 5.69 Å². The Morgan fingerprint density at radius 3 is 2.32 bits per heavy atom. The fourth-order valence-corrected chi connectivity index (χ4v) is 2.72. The molecule has 3 rings (SSSR count). The van der Waals surface area contributed by atoms with Gasteiger partial charge in [-0.1, -0.05) is 11.6 Å². The van der Waals surface area contributed by atoms with Crippen LogP contribution in [0.15, 0.2) is 60.9 Å². The number of carbonyl (C=O) groups excluding carboxylic acids is 1. The van der Waals surface area contributed by atoms with Gasteiger partial charge >= 0.3 is 0 Å². The summed E-state index contributed by atoms with van der Waals surface area (Å²) in [5.74, 6) is 0.858. The summed E-state index contributed by atoms with van der Waals surface area (Å²) >= 11 is 6.36. The first kappa shape index (κ1) is 16.9. The maximum Gasteiger partial charge on any atom is 0.259 e. The molecule has 0 spiro atoms. The van der Waals surface area contributed by atoms with Crippen LogP contribution in [-0.4, -0.2) is 24.7 Å². The van der Waals surface area contributed by atoms with E-state index in [1.807, 2.05) is 29.1 Å². The highest BCUT2D eigenvalue weighted by molar-refractivity contribution is 6.33. The zero-order valence-corrected chi connectivity index (χ0v) is 14.6. The predicted octanol–water partition coefficient (Wildman–Crippen LogP) is 4.40. The zero-order chi connectivity index (χ0) is 17.8. The van der Waals surface area contributed by atoms with Crippen molar-refractivity contribution in [3.8, 4) is 17.2 Å². The normalized spacial score (nSPS) is 10.4. The SMILES string of the molecule is COc1ccc(NC(=O)c2cc(Cl)c(-n3cccc3)cc2OC)cc1. The Morgan fingerprint density at radius 2 is 1.72 bits per heavy atom. The molecule has 0 radical (unpaired) electrons. The quantitative estimate of drug-likeness (QED) is 0.737. The molecule has 1 amide bonds. The van der Waals surface area contributed by atoms with Crippen molar-refractivity contribution in [1.29, 1.82) is 0 Å². The number of amides is 1. The third-order valence-corrected chi connectivity index (χ3v) is 4.05. The summed E-state index contributed by atoms with van der Waals surface area (Å²) in [6.07, 6.45) is 3.75. The molecule has 25 heavy (non-hydrogen) atoms. The third-order valence-electron chi connectivity index (χ3n) is 3.74. The van der Waals surface area contributed by atoms with Crippen LogP contribution in [0.4, 0.5) is 5.69 Å². The first-order chi connectivity index (χ1) is 12.1. The number of benzene rings is 2. The number of carbonyl (C=O) groups is 1. The molecule has 0 aliphatic heterocycles. The Labute approximate surface area is 150 Å². The lowest BCUT2D eigenvalue weighted by molar-refractivity contribution is 0.102. The van der Waals surface area contributed by atoms with Gasteiger partial charge < -0.3 is 19.4 Å². The Bertz CT molecular complexity index is 874. The second-order valence-electron chi connectivity index (χ2n) is 5.28. The molecule has 0 bridgehead atoms. The summed E-state index contributed by atoms with van der Waals surface area (Å²) in [5.41, 5.74) is 1.75. The second-order valence-corrected chi connectivity index (χ2v) is 5.68. The first-order valence-corrected chi connectivity index (χ1v) is 7.96. The number of aromatic nitrogens is 1. The minimum Gasteiger partial charge on any atom is -0.497 e. The van der Waals surface area contributed by atoms with Crippen LogP contribution in [0.5, 0.6) is 11.5 Å². The fraction of sp³-hybridized carbons (Fsp3) is 0.105. The Morgan fingerprint density at radius 1 is 1.04 bits per heavy atom. The summed E-state index contributed by atoms with van der Waals surface area (Å²) < 4.78 is 12.3. The fourth-order valence-electron chi connectivity index (χ4n) is 2.45. The van der Waals surface area contributed by atoms with Crippen LogP contribution in [-0.2, 0) is 0 Å². The standard InChI is InChI=1S/C19H17ClN2O3/c1-24-14-7-5-13(6-8-14)21-19(23)15-11-16(20)17(12-18(15)25-2)22-9-3-4-10-22/h3-12H,1-2H3,(H,21,23). The molecule has 1 aromatic heterocycles. The van der Waals surface area contributed by atoms with Gasteiger partial charge in [-0.25, -0.2) is 0 Å². The van der Waals surface area contributed by atoms with Gasteiger partial charge in [-0.05, 0) is 42.5 Å². The highest BCUT2D eigenvalue weighted by atomic mass is 35.5. The summed E-state index contributed by atoms with van der Waals surface area (Å²) in [7, 11) is 3.11. The van der Waals surface area contributed by atoms with Crippen LogP contribution in [0.1, 0.15) is 10.4 Å². The van der Waals surface area contributed by atoms with E-state index in [9.17, 15) is 4.79 Å². The minimum atomic E-state index is -0.303. The molecule has 1 N–H and O–H groups in total. The lowest BCUT2D eigenvalue weighted by Crippen LogP contribution is -2.13. The number of ether oxygens (including phenoxy) is 2. The molecule has 3 aromatic rings. The molecule has 128 valence electrons. The first-order valence-electron chi connectivity index (χ1n) is 7.58. The molecule has 2 aromatic carbocycles. The molecule has 0 unspecified atom stereocenters. The number of rotatable bonds is 5. The number of methoxy groups -OCH3 is 2. The molecular formula is C19H17ClN2O3. The van der Waals surface area contributed by atoms with E-state index in [-0.39, 0.29) is 5.91 Å². The molecule has 1 heterocycles. The summed E-state index contributed by atoms with van der Waals surface area (Å²) in [4.78, 5) is 12.6. The molecule has 0 saturated heterocycles. The van der Waals surface area contributed by atoms with Crippen LogP contribution in [0.2, 0.25) is 5.02 Å². The maximum atomic E-state index is 12.6. The van der Waals surface area contributed by atoms with Crippen molar-refractivity contribution < 1.29 is 14.3 Å². The van der Waals surface area contributed by atoms with Gasteiger partial charge in [-0.2, -0.15) is 0 Å². The van der Waals surface area contributed by atoms with Gasteiger partial charge in [0.05, 0.1) is 30.5 Å². The van der Waals surface area contributed by atoms with E-state index < -0.39 is 0 Å². The van der Waals surface area contributed by atoms with Gasteiger partial charge in [0, 0.05) is 24.1 Å². The molecule has 0 aliphatic carbocycles. The number of hydrogen-bond donors (Lipinski definition) is 1. The average molecular weight is 357 g/mol. The van der Waals surface area contributed by atoms with Crippen molar-refractivity contribution in [2.45, 2.75) is 0 Å². The zero-order valence-electron chi connectivity index (χ0n) is 13.8. The number of hydrogen-bond acceptors (Lipinski definition) is 3. The molecule has 6 heteroatoms. The second kappa shape index (κ2) is 7.32. The Hall–Kier alpha value is -2.92. The summed E-state index contributed by atoms with van der Waals surface area (Å²) in [6, 6.07) is 14.2.